The molecule has 0 atom stereocenters. The maximum Gasteiger partial charge on any atom is 0.343 e. The molecule has 0 aromatic heterocycles. The second-order valence-electron chi connectivity index (χ2n) is 8.13. The van der Waals surface area contributed by atoms with Crippen LogP contribution in [0.15, 0.2) is 48.5 Å². The molecule has 0 aliphatic heterocycles. The van der Waals surface area contributed by atoms with Gasteiger partial charge in [0.15, 0.2) is 0 Å². The van der Waals surface area contributed by atoms with E-state index in [1.807, 2.05) is 0 Å². The Hall–Kier alpha value is -4.21. The van der Waals surface area contributed by atoms with Gasteiger partial charge in [-0.25, -0.2) is 14.4 Å². The van der Waals surface area contributed by atoms with Crippen LogP contribution < -0.4 is 4.74 Å². The normalized spacial score (nSPS) is 16.9. The van der Waals surface area contributed by atoms with Crippen LogP contribution in [0.1, 0.15) is 70.1 Å². The average Bonchev–Trinajstić information content (AvgIpc) is 2.89. The molecule has 3 rings (SSSR count). The molecule has 1 aliphatic rings. The van der Waals surface area contributed by atoms with Crippen LogP contribution in [0.3, 0.4) is 0 Å². The van der Waals surface area contributed by atoms with E-state index < -0.39 is 42.6 Å². The summed E-state index contributed by atoms with van der Waals surface area (Å²) in [4.78, 5) is 58.8. The van der Waals surface area contributed by atoms with Crippen molar-refractivity contribution in [1.29, 1.82) is 0 Å². The summed E-state index contributed by atoms with van der Waals surface area (Å²) in [5.41, 5.74) is 0.649. The van der Waals surface area contributed by atoms with Crippen molar-refractivity contribution >= 4 is 29.8 Å². The lowest BCUT2D eigenvalue weighted by molar-refractivity contribution is -0.151. The summed E-state index contributed by atoms with van der Waals surface area (Å²) in [6.45, 7) is 1.13. The number of hydrogen-bond donors (Lipinski definition) is 1. The van der Waals surface area contributed by atoms with E-state index in [0.717, 1.165) is 0 Å². The number of carboxylic acids is 1. The maximum atomic E-state index is 12.4. The summed E-state index contributed by atoms with van der Waals surface area (Å²) in [6.07, 6.45) is 1.76. The van der Waals surface area contributed by atoms with Crippen LogP contribution in [0.2, 0.25) is 0 Å². The molecular formula is C26H26O10. The van der Waals surface area contributed by atoms with Crippen molar-refractivity contribution in [1.82, 2.24) is 0 Å². The van der Waals surface area contributed by atoms with Crippen molar-refractivity contribution in [3.8, 4) is 5.75 Å². The van der Waals surface area contributed by atoms with Gasteiger partial charge in [-0.3, -0.25) is 9.59 Å². The number of carboxylic acid groups (broad SMARTS) is 1. The standard InChI is InChI=1S/C26H26O10/c1-2-22(27)33-15-34-24(30)17-9-13-21(14-10-17)36-26(32)19-5-3-18(4-6-19)25(31)35-20-11-7-16(8-12-20)23(28)29/h3-6,9-10,13-14,16,20H,2,7-8,11-12,15H2,1H3,(H,28,29). The maximum absolute atomic E-state index is 12.4. The van der Waals surface area contributed by atoms with Crippen LogP contribution in [0.5, 0.6) is 5.75 Å². The van der Waals surface area contributed by atoms with Gasteiger partial charge in [-0.15, -0.1) is 0 Å². The van der Waals surface area contributed by atoms with Crippen LogP contribution in [-0.4, -0.2) is 47.8 Å². The molecule has 10 nitrogen and oxygen atoms in total. The number of esters is 4. The number of hydrogen-bond acceptors (Lipinski definition) is 9. The molecule has 0 amide bonds. The topological polar surface area (TPSA) is 142 Å². The van der Waals surface area contributed by atoms with Gasteiger partial charge in [0.1, 0.15) is 11.9 Å². The van der Waals surface area contributed by atoms with Gasteiger partial charge in [-0.05, 0) is 74.2 Å². The fourth-order valence-corrected chi connectivity index (χ4v) is 3.55. The van der Waals surface area contributed by atoms with Crippen LogP contribution >= 0.6 is 0 Å². The Morgan fingerprint density at radius 3 is 1.83 bits per heavy atom. The first-order valence-electron chi connectivity index (χ1n) is 11.5. The summed E-state index contributed by atoms with van der Waals surface area (Å²) >= 11 is 0. The van der Waals surface area contributed by atoms with Crippen molar-refractivity contribution < 1.29 is 48.0 Å². The number of rotatable bonds is 9. The molecule has 2 aromatic carbocycles. The van der Waals surface area contributed by atoms with Gasteiger partial charge < -0.3 is 24.1 Å². The molecule has 0 heterocycles. The van der Waals surface area contributed by atoms with E-state index in [-0.39, 0.29) is 35.0 Å². The smallest absolute Gasteiger partial charge is 0.343 e. The lowest BCUT2D eigenvalue weighted by Crippen LogP contribution is -2.27. The van der Waals surface area contributed by atoms with Crippen molar-refractivity contribution in [3.05, 3.63) is 65.2 Å². The Bertz CT molecular complexity index is 1100. The minimum Gasteiger partial charge on any atom is -0.481 e. The first kappa shape index (κ1) is 26.4. The van der Waals surface area contributed by atoms with E-state index in [2.05, 4.69) is 4.74 Å². The molecule has 0 unspecified atom stereocenters. The van der Waals surface area contributed by atoms with Gasteiger partial charge in [-0.1, -0.05) is 6.92 Å². The number of carbonyl (C=O) groups is 5. The lowest BCUT2D eigenvalue weighted by Gasteiger charge is -2.25. The minimum absolute atomic E-state index is 0.168. The van der Waals surface area contributed by atoms with E-state index in [0.29, 0.717) is 25.7 Å². The lowest BCUT2D eigenvalue weighted by atomic mass is 9.87. The number of benzene rings is 2. The monoisotopic (exact) mass is 498 g/mol. The molecule has 1 fully saturated rings. The Morgan fingerprint density at radius 2 is 1.28 bits per heavy atom. The van der Waals surface area contributed by atoms with Gasteiger partial charge in [0.05, 0.1) is 22.6 Å². The van der Waals surface area contributed by atoms with Crippen molar-refractivity contribution in [3.63, 3.8) is 0 Å². The molecule has 0 bridgehead atoms. The Balaban J connectivity index is 1.48. The Morgan fingerprint density at radius 1 is 0.750 bits per heavy atom. The third kappa shape index (κ3) is 7.39. The number of carbonyl (C=O) groups excluding carboxylic acids is 4. The summed E-state index contributed by atoms with van der Waals surface area (Å²) in [7, 11) is 0. The molecule has 2 aromatic rings. The summed E-state index contributed by atoms with van der Waals surface area (Å²) in [5, 5.41) is 9.06. The molecule has 1 aliphatic carbocycles. The predicted molar refractivity (Wildman–Crippen MR) is 123 cm³/mol. The molecule has 0 saturated heterocycles. The van der Waals surface area contributed by atoms with Crippen molar-refractivity contribution in [2.75, 3.05) is 6.79 Å². The third-order valence-corrected chi connectivity index (χ3v) is 5.65. The molecular weight excluding hydrogens is 472 g/mol. The second kappa shape index (κ2) is 12.5. The highest BCUT2D eigenvalue weighted by Gasteiger charge is 2.28. The van der Waals surface area contributed by atoms with Gasteiger partial charge in [0.25, 0.3) is 0 Å². The Kier molecular flexibility index (Phi) is 9.15. The van der Waals surface area contributed by atoms with Gasteiger partial charge in [0, 0.05) is 6.42 Å². The first-order valence-corrected chi connectivity index (χ1v) is 11.5. The van der Waals surface area contributed by atoms with Crippen LogP contribution in [-0.2, 0) is 23.8 Å². The fourth-order valence-electron chi connectivity index (χ4n) is 3.55. The molecule has 10 heteroatoms. The molecule has 190 valence electrons. The van der Waals surface area contributed by atoms with Gasteiger partial charge in [-0.2, -0.15) is 0 Å². The molecule has 1 N–H and O–H groups in total. The quantitative estimate of drug-likeness (QED) is 0.308. The van der Waals surface area contributed by atoms with Crippen LogP contribution in [0.4, 0.5) is 0 Å². The zero-order chi connectivity index (χ0) is 26.1. The highest BCUT2D eigenvalue weighted by molar-refractivity contribution is 5.94. The highest BCUT2D eigenvalue weighted by Crippen LogP contribution is 2.27. The highest BCUT2D eigenvalue weighted by atomic mass is 16.7. The van der Waals surface area contributed by atoms with Gasteiger partial charge >= 0.3 is 29.8 Å². The zero-order valence-electron chi connectivity index (χ0n) is 19.6. The van der Waals surface area contributed by atoms with E-state index >= 15 is 0 Å². The third-order valence-electron chi connectivity index (χ3n) is 5.65. The largest absolute Gasteiger partial charge is 0.481 e. The first-order chi connectivity index (χ1) is 17.3. The second-order valence-corrected chi connectivity index (χ2v) is 8.13. The van der Waals surface area contributed by atoms with Crippen molar-refractivity contribution in [2.24, 2.45) is 5.92 Å². The molecule has 0 spiro atoms. The van der Waals surface area contributed by atoms with Crippen molar-refractivity contribution in [2.45, 2.75) is 45.1 Å². The SMILES string of the molecule is CCC(=O)OCOC(=O)c1ccc(OC(=O)c2ccc(C(=O)OC3CCC(C(=O)O)CC3)cc2)cc1. The summed E-state index contributed by atoms with van der Waals surface area (Å²) in [5.74, 6) is -3.43. The van der Waals surface area contributed by atoms with E-state index in [4.69, 9.17) is 19.3 Å². The molecule has 36 heavy (non-hydrogen) atoms. The Labute approximate surface area is 207 Å². The molecule has 0 radical (unpaired) electrons. The number of ether oxygens (including phenoxy) is 4. The molecule has 1 saturated carbocycles. The van der Waals surface area contributed by atoms with E-state index in [1.54, 1.807) is 6.92 Å². The summed E-state index contributed by atoms with van der Waals surface area (Å²) < 4.78 is 20.3. The van der Waals surface area contributed by atoms with Crippen LogP contribution in [0, 0.1) is 5.92 Å². The van der Waals surface area contributed by atoms with E-state index in [1.165, 1.54) is 48.5 Å². The fraction of sp³-hybridized carbons (Fsp3) is 0.346. The van der Waals surface area contributed by atoms with Crippen LogP contribution in [0.25, 0.3) is 0 Å². The van der Waals surface area contributed by atoms with E-state index in [9.17, 15) is 24.0 Å². The zero-order valence-corrected chi connectivity index (χ0v) is 19.6. The number of aliphatic carboxylic acids is 1. The van der Waals surface area contributed by atoms with Gasteiger partial charge in [0.2, 0.25) is 6.79 Å². The average molecular weight is 498 g/mol. The predicted octanol–water partition coefficient (Wildman–Crippen LogP) is 3.77. The summed E-state index contributed by atoms with van der Waals surface area (Å²) in [6, 6.07) is 11.4. The minimum atomic E-state index is -0.827.